The van der Waals surface area contributed by atoms with Crippen molar-refractivity contribution in [1.82, 2.24) is 0 Å². The molecule has 0 aliphatic carbocycles. The topological polar surface area (TPSA) is 72.7 Å². The van der Waals surface area contributed by atoms with Crippen LogP contribution in [0.2, 0.25) is 0 Å². The lowest BCUT2D eigenvalue weighted by Crippen LogP contribution is -2.37. The van der Waals surface area contributed by atoms with Crippen LogP contribution >= 0.6 is 0 Å². The Kier molecular flexibility index (Phi) is 3.18. The Morgan fingerprint density at radius 1 is 1.56 bits per heavy atom. The maximum absolute atomic E-state index is 11.6. The Labute approximate surface area is 104 Å². The van der Waals surface area contributed by atoms with Gasteiger partial charge in [0.05, 0.1) is 18.0 Å². The van der Waals surface area contributed by atoms with E-state index in [9.17, 15) is 14.9 Å². The monoisotopic (exact) mass is 250 g/mol. The largest absolute Gasteiger partial charge is 0.469 e. The second-order valence-electron chi connectivity index (χ2n) is 4.37. The number of anilines is 1. The van der Waals surface area contributed by atoms with E-state index >= 15 is 0 Å². The summed E-state index contributed by atoms with van der Waals surface area (Å²) in [4.78, 5) is 23.8. The van der Waals surface area contributed by atoms with Gasteiger partial charge in [-0.25, -0.2) is 0 Å². The Balaban J connectivity index is 2.35. The molecule has 1 aromatic rings. The summed E-state index contributed by atoms with van der Waals surface area (Å²) in [7, 11) is 3.21. The maximum Gasteiger partial charge on any atom is 0.310 e. The van der Waals surface area contributed by atoms with Gasteiger partial charge in [0.1, 0.15) is 0 Å². The van der Waals surface area contributed by atoms with Gasteiger partial charge >= 0.3 is 5.97 Å². The first kappa shape index (κ1) is 12.3. The molecule has 6 nitrogen and oxygen atoms in total. The van der Waals surface area contributed by atoms with E-state index in [4.69, 9.17) is 4.74 Å². The van der Waals surface area contributed by atoms with Crippen molar-refractivity contribution in [2.45, 2.75) is 6.42 Å². The molecule has 0 saturated heterocycles. The van der Waals surface area contributed by atoms with Gasteiger partial charge in [0, 0.05) is 31.4 Å². The molecule has 1 aliphatic rings. The van der Waals surface area contributed by atoms with Crippen LogP contribution in [0.5, 0.6) is 0 Å². The van der Waals surface area contributed by atoms with Crippen LogP contribution in [-0.2, 0) is 16.0 Å². The summed E-state index contributed by atoms with van der Waals surface area (Å²) < 4.78 is 4.73. The van der Waals surface area contributed by atoms with Crippen molar-refractivity contribution >= 4 is 17.3 Å². The fraction of sp³-hybridized carbons (Fsp3) is 0.417. The van der Waals surface area contributed by atoms with Crippen molar-refractivity contribution in [2.24, 2.45) is 5.92 Å². The molecule has 0 amide bonds. The minimum absolute atomic E-state index is 0.0488. The van der Waals surface area contributed by atoms with E-state index in [1.165, 1.54) is 19.2 Å². The van der Waals surface area contributed by atoms with Crippen LogP contribution in [-0.4, -0.2) is 31.6 Å². The van der Waals surface area contributed by atoms with Gasteiger partial charge in [-0.15, -0.1) is 0 Å². The second-order valence-corrected chi connectivity index (χ2v) is 4.37. The van der Waals surface area contributed by atoms with Gasteiger partial charge < -0.3 is 9.64 Å². The van der Waals surface area contributed by atoms with Crippen LogP contribution in [0.3, 0.4) is 0 Å². The van der Waals surface area contributed by atoms with Crippen molar-refractivity contribution in [3.05, 3.63) is 33.9 Å². The number of rotatable bonds is 2. The number of nitro benzene ring substituents is 1. The highest BCUT2D eigenvalue weighted by Crippen LogP contribution is 2.31. The van der Waals surface area contributed by atoms with E-state index in [-0.39, 0.29) is 17.6 Å². The van der Waals surface area contributed by atoms with E-state index in [0.717, 1.165) is 11.3 Å². The molecule has 0 spiro atoms. The number of hydrogen-bond acceptors (Lipinski definition) is 5. The van der Waals surface area contributed by atoms with Gasteiger partial charge in [0.25, 0.3) is 5.69 Å². The van der Waals surface area contributed by atoms with E-state index < -0.39 is 4.92 Å². The lowest BCUT2D eigenvalue weighted by molar-refractivity contribution is -0.384. The maximum atomic E-state index is 11.6. The Bertz CT molecular complexity index is 501. The normalized spacial score (nSPS) is 18.1. The Morgan fingerprint density at radius 2 is 2.28 bits per heavy atom. The quantitative estimate of drug-likeness (QED) is 0.450. The highest BCUT2D eigenvalue weighted by atomic mass is 16.6. The molecule has 0 fully saturated rings. The number of carbonyl (C=O) groups excluding carboxylic acids is 1. The summed E-state index contributed by atoms with van der Waals surface area (Å²) in [6.45, 7) is 0.567. The van der Waals surface area contributed by atoms with Gasteiger partial charge in [-0.2, -0.15) is 0 Å². The first-order valence-electron chi connectivity index (χ1n) is 5.59. The third-order valence-corrected chi connectivity index (χ3v) is 3.18. The predicted molar refractivity (Wildman–Crippen MR) is 65.6 cm³/mol. The fourth-order valence-electron chi connectivity index (χ4n) is 2.30. The van der Waals surface area contributed by atoms with Crippen LogP contribution in [0.4, 0.5) is 11.4 Å². The van der Waals surface area contributed by atoms with E-state index in [2.05, 4.69) is 0 Å². The number of hydrogen-bond donors (Lipinski definition) is 0. The van der Waals surface area contributed by atoms with Gasteiger partial charge in [-0.05, 0) is 18.1 Å². The van der Waals surface area contributed by atoms with E-state index in [1.54, 1.807) is 6.07 Å². The average Bonchev–Trinajstić information content (AvgIpc) is 2.36. The number of non-ortho nitro benzene ring substituents is 1. The summed E-state index contributed by atoms with van der Waals surface area (Å²) >= 11 is 0. The van der Waals surface area contributed by atoms with E-state index in [0.29, 0.717) is 13.0 Å². The third kappa shape index (κ3) is 2.13. The van der Waals surface area contributed by atoms with Crippen molar-refractivity contribution in [3.8, 4) is 0 Å². The summed E-state index contributed by atoms with van der Waals surface area (Å²) in [5.74, 6) is -0.548. The first-order valence-corrected chi connectivity index (χ1v) is 5.59. The number of nitro groups is 1. The first-order chi connectivity index (χ1) is 8.52. The zero-order valence-corrected chi connectivity index (χ0v) is 10.3. The van der Waals surface area contributed by atoms with Gasteiger partial charge in [-0.3, -0.25) is 14.9 Å². The molecule has 0 saturated carbocycles. The second kappa shape index (κ2) is 4.64. The third-order valence-electron chi connectivity index (χ3n) is 3.18. The molecule has 18 heavy (non-hydrogen) atoms. The smallest absolute Gasteiger partial charge is 0.310 e. The number of nitrogens with zero attached hydrogens (tertiary/aromatic N) is 2. The van der Waals surface area contributed by atoms with Gasteiger partial charge in [0.15, 0.2) is 0 Å². The van der Waals surface area contributed by atoms with Crippen molar-refractivity contribution < 1.29 is 14.5 Å². The zero-order valence-electron chi connectivity index (χ0n) is 10.3. The molecule has 1 aliphatic heterocycles. The van der Waals surface area contributed by atoms with Crippen LogP contribution in [0, 0.1) is 16.0 Å². The Hall–Kier alpha value is -2.11. The highest BCUT2D eigenvalue weighted by Gasteiger charge is 2.29. The summed E-state index contributed by atoms with van der Waals surface area (Å²) in [5.41, 5.74) is 1.79. The summed E-state index contributed by atoms with van der Waals surface area (Å²) in [6.07, 6.45) is 0.480. The van der Waals surface area contributed by atoms with Crippen LogP contribution in [0.25, 0.3) is 0 Å². The van der Waals surface area contributed by atoms with Crippen molar-refractivity contribution in [2.75, 3.05) is 25.6 Å². The van der Waals surface area contributed by atoms with Crippen molar-refractivity contribution in [1.29, 1.82) is 0 Å². The summed E-state index contributed by atoms with van der Waals surface area (Å²) in [5, 5.41) is 10.7. The van der Waals surface area contributed by atoms with Crippen LogP contribution < -0.4 is 4.90 Å². The number of ether oxygens (including phenoxy) is 1. The molecule has 0 aromatic heterocycles. The van der Waals surface area contributed by atoms with Gasteiger partial charge in [-0.1, -0.05) is 0 Å². The molecule has 1 atom stereocenters. The molecule has 6 heteroatoms. The number of carbonyl (C=O) groups is 1. The number of esters is 1. The molecular weight excluding hydrogens is 236 g/mol. The van der Waals surface area contributed by atoms with Crippen molar-refractivity contribution in [3.63, 3.8) is 0 Å². The van der Waals surface area contributed by atoms with Crippen LogP contribution in [0.1, 0.15) is 5.56 Å². The number of fused-ring (bicyclic) bond motifs is 1. The standard InChI is InChI=1S/C12H14N2O4/c1-13-7-9(12(15)18-2)5-8-6-10(14(16)17)3-4-11(8)13/h3-4,6,9H,5,7H2,1-2H3/t9-/m0/s1. The number of methoxy groups -OCH3 is 1. The Morgan fingerprint density at radius 3 is 2.89 bits per heavy atom. The number of benzene rings is 1. The molecule has 1 heterocycles. The SMILES string of the molecule is COC(=O)[C@H]1Cc2cc([N+](=O)[O-])ccc2N(C)C1. The fourth-order valence-corrected chi connectivity index (χ4v) is 2.30. The molecular formula is C12H14N2O4. The highest BCUT2D eigenvalue weighted by molar-refractivity contribution is 5.76. The van der Waals surface area contributed by atoms with E-state index in [1.807, 2.05) is 11.9 Å². The van der Waals surface area contributed by atoms with Crippen LogP contribution in [0.15, 0.2) is 18.2 Å². The molecule has 0 unspecified atom stereocenters. The zero-order chi connectivity index (χ0) is 13.3. The predicted octanol–water partition coefficient (Wildman–Crippen LogP) is 1.38. The molecule has 0 N–H and O–H groups in total. The molecule has 0 bridgehead atoms. The molecule has 0 radical (unpaired) electrons. The minimum atomic E-state index is -0.429. The molecule has 1 aromatic carbocycles. The lowest BCUT2D eigenvalue weighted by atomic mass is 9.92. The lowest BCUT2D eigenvalue weighted by Gasteiger charge is -2.31. The minimum Gasteiger partial charge on any atom is -0.469 e. The summed E-state index contributed by atoms with van der Waals surface area (Å²) in [6, 6.07) is 4.73. The molecule has 96 valence electrons. The average molecular weight is 250 g/mol. The van der Waals surface area contributed by atoms with Gasteiger partial charge in [0.2, 0.25) is 0 Å². The molecule has 2 rings (SSSR count).